The van der Waals surface area contributed by atoms with Gasteiger partial charge in [-0.1, -0.05) is 26.0 Å². The van der Waals surface area contributed by atoms with Crippen molar-refractivity contribution in [2.45, 2.75) is 52.0 Å². The average Bonchev–Trinajstić information content (AvgIpc) is 3.31. The molecule has 1 atom stereocenters. The highest BCUT2D eigenvalue weighted by Gasteiger charge is 2.45. The molecule has 0 aliphatic carbocycles. The van der Waals surface area contributed by atoms with Crippen LogP contribution in [0.4, 0.5) is 0 Å². The third kappa shape index (κ3) is 3.59. The van der Waals surface area contributed by atoms with E-state index in [-0.39, 0.29) is 18.6 Å². The van der Waals surface area contributed by atoms with Crippen LogP contribution in [-0.2, 0) is 41.3 Å². The predicted octanol–water partition coefficient (Wildman–Crippen LogP) is 4.23. The first-order valence-electron chi connectivity index (χ1n) is 12.8. The van der Waals surface area contributed by atoms with Gasteiger partial charge in [0.2, 0.25) is 0 Å². The predicted molar refractivity (Wildman–Crippen MR) is 141 cm³/mol. The van der Waals surface area contributed by atoms with Crippen LogP contribution >= 0.6 is 0 Å². The summed E-state index contributed by atoms with van der Waals surface area (Å²) < 4.78 is 18.3. The fourth-order valence-corrected chi connectivity index (χ4v) is 5.56. The Balaban J connectivity index is 1.42. The summed E-state index contributed by atoms with van der Waals surface area (Å²) in [5, 5.41) is 12.1. The Morgan fingerprint density at radius 3 is 2.68 bits per heavy atom. The number of nitrogens with zero attached hydrogens (tertiary/aromatic N) is 2. The Hall–Kier alpha value is -4.17. The van der Waals surface area contributed by atoms with Crippen molar-refractivity contribution < 1.29 is 24.1 Å². The Morgan fingerprint density at radius 2 is 1.92 bits per heavy atom. The number of rotatable bonds is 6. The van der Waals surface area contributed by atoms with Crippen LogP contribution in [0.5, 0.6) is 11.5 Å². The van der Waals surface area contributed by atoms with E-state index in [1.807, 2.05) is 42.5 Å². The highest BCUT2D eigenvalue weighted by atomic mass is 16.6. The van der Waals surface area contributed by atoms with E-state index in [2.05, 4.69) is 6.92 Å². The summed E-state index contributed by atoms with van der Waals surface area (Å²) in [6, 6.07) is 15.3. The zero-order valence-corrected chi connectivity index (χ0v) is 21.5. The topological polar surface area (TPSA) is 99.9 Å². The van der Waals surface area contributed by atoms with Crippen molar-refractivity contribution in [3.05, 3.63) is 86.7 Å². The largest absolute Gasteiger partial charge is 0.497 e. The molecule has 4 heterocycles. The summed E-state index contributed by atoms with van der Waals surface area (Å²) in [6.45, 7) is 4.41. The van der Waals surface area contributed by atoms with E-state index in [1.165, 1.54) is 0 Å². The number of fused-ring (bicyclic) bond motifs is 5. The minimum absolute atomic E-state index is 0.110. The van der Waals surface area contributed by atoms with Crippen LogP contribution in [0.2, 0.25) is 0 Å². The molecule has 2 aromatic carbocycles. The van der Waals surface area contributed by atoms with Gasteiger partial charge in [0, 0.05) is 16.5 Å². The standard InChI is InChI=1S/C30H28N2O6/c1-4-20-21-12-19(37-15-17-7-6-8-18(11-17)36-3)9-10-25(21)31-27-22(20)14-32-26(27)13-24-23(28(32)33)16-38-29(34)30(24,35)5-2/h6-13,35H,4-5,14-16H2,1-3H3. The molecule has 1 unspecified atom stereocenters. The second-order valence-electron chi connectivity index (χ2n) is 9.69. The molecule has 0 saturated carbocycles. The molecule has 8 nitrogen and oxygen atoms in total. The highest BCUT2D eigenvalue weighted by Crippen LogP contribution is 2.40. The van der Waals surface area contributed by atoms with E-state index in [4.69, 9.17) is 19.2 Å². The van der Waals surface area contributed by atoms with Gasteiger partial charge in [-0.05, 0) is 60.4 Å². The number of cyclic esters (lactones) is 1. The van der Waals surface area contributed by atoms with Crippen molar-refractivity contribution in [3.63, 3.8) is 0 Å². The molecule has 4 aromatic rings. The fraction of sp³-hybridized carbons (Fsp3) is 0.300. The Labute approximate surface area is 219 Å². The number of benzene rings is 2. The number of ether oxygens (including phenoxy) is 3. The lowest BCUT2D eigenvalue weighted by Gasteiger charge is -2.31. The van der Waals surface area contributed by atoms with Gasteiger partial charge in [0.05, 0.1) is 36.1 Å². The molecule has 1 N–H and O–H groups in total. The molecule has 194 valence electrons. The van der Waals surface area contributed by atoms with Gasteiger partial charge in [-0.2, -0.15) is 0 Å². The average molecular weight is 513 g/mol. The molecule has 2 aromatic heterocycles. The normalized spacial score (nSPS) is 17.5. The molecule has 0 spiro atoms. The molecular weight excluding hydrogens is 484 g/mol. The molecule has 0 amide bonds. The molecule has 0 radical (unpaired) electrons. The third-order valence-electron chi connectivity index (χ3n) is 7.67. The maximum absolute atomic E-state index is 13.5. The van der Waals surface area contributed by atoms with Crippen LogP contribution in [0.15, 0.2) is 53.3 Å². The van der Waals surface area contributed by atoms with E-state index in [0.29, 0.717) is 35.7 Å². The van der Waals surface area contributed by atoms with Gasteiger partial charge < -0.3 is 23.9 Å². The maximum atomic E-state index is 13.5. The number of hydrogen-bond donors (Lipinski definition) is 1. The first kappa shape index (κ1) is 24.2. The number of pyridine rings is 2. The summed E-state index contributed by atoms with van der Waals surface area (Å²) in [5.41, 5.74) is 3.71. The number of aromatic nitrogens is 2. The van der Waals surface area contributed by atoms with Gasteiger partial charge in [0.1, 0.15) is 24.7 Å². The highest BCUT2D eigenvalue weighted by molar-refractivity contribution is 5.90. The second kappa shape index (κ2) is 8.99. The number of carbonyl (C=O) groups is 1. The monoisotopic (exact) mass is 512 g/mol. The van der Waals surface area contributed by atoms with E-state index in [1.54, 1.807) is 24.7 Å². The molecule has 0 bridgehead atoms. The summed E-state index contributed by atoms with van der Waals surface area (Å²) in [5.74, 6) is 0.781. The SMILES string of the molecule is CCc1c2c(nc3ccc(OCc4cccc(OC)c4)cc13)-c1cc3c(c(=O)n1C2)COC(=O)C3(O)CC. The minimum Gasteiger partial charge on any atom is -0.497 e. The molecule has 2 aliphatic heterocycles. The van der Waals surface area contributed by atoms with Gasteiger partial charge >= 0.3 is 5.97 Å². The van der Waals surface area contributed by atoms with E-state index in [0.717, 1.165) is 45.5 Å². The number of esters is 1. The molecule has 0 saturated heterocycles. The summed E-state index contributed by atoms with van der Waals surface area (Å²) in [6.07, 6.45) is 0.849. The first-order chi connectivity index (χ1) is 18.4. The van der Waals surface area contributed by atoms with Gasteiger partial charge in [0.15, 0.2) is 5.60 Å². The van der Waals surface area contributed by atoms with E-state index >= 15 is 0 Å². The van der Waals surface area contributed by atoms with Crippen molar-refractivity contribution in [1.82, 2.24) is 9.55 Å². The van der Waals surface area contributed by atoms with Crippen LogP contribution in [0.1, 0.15) is 48.1 Å². The summed E-state index contributed by atoms with van der Waals surface area (Å²) >= 11 is 0. The number of methoxy groups -OCH3 is 1. The van der Waals surface area contributed by atoms with Gasteiger partial charge in [-0.15, -0.1) is 0 Å². The lowest BCUT2D eigenvalue weighted by Crippen LogP contribution is -2.44. The fourth-order valence-electron chi connectivity index (χ4n) is 5.56. The Bertz CT molecular complexity index is 1670. The Morgan fingerprint density at radius 1 is 1.08 bits per heavy atom. The number of aryl methyl sites for hydroxylation is 1. The van der Waals surface area contributed by atoms with Crippen LogP contribution in [0.25, 0.3) is 22.3 Å². The number of hydrogen-bond acceptors (Lipinski definition) is 7. The minimum atomic E-state index is -1.84. The smallest absolute Gasteiger partial charge is 0.343 e. The third-order valence-corrected chi connectivity index (χ3v) is 7.67. The molecule has 38 heavy (non-hydrogen) atoms. The van der Waals surface area contributed by atoms with E-state index in [9.17, 15) is 14.7 Å². The lowest BCUT2D eigenvalue weighted by molar-refractivity contribution is -0.172. The van der Waals surface area contributed by atoms with Crippen molar-refractivity contribution in [3.8, 4) is 22.9 Å². The van der Waals surface area contributed by atoms with Crippen molar-refractivity contribution in [2.24, 2.45) is 0 Å². The van der Waals surface area contributed by atoms with Gasteiger partial charge in [0.25, 0.3) is 5.56 Å². The van der Waals surface area contributed by atoms with Crippen LogP contribution < -0.4 is 15.0 Å². The van der Waals surface area contributed by atoms with Gasteiger partial charge in [-0.3, -0.25) is 4.79 Å². The zero-order chi connectivity index (χ0) is 26.6. The first-order valence-corrected chi connectivity index (χ1v) is 12.8. The van der Waals surface area contributed by atoms with E-state index < -0.39 is 11.6 Å². The van der Waals surface area contributed by atoms with Crippen LogP contribution in [0.3, 0.4) is 0 Å². The number of aliphatic hydroxyl groups is 1. The molecular formula is C30H28N2O6. The van der Waals surface area contributed by atoms with Crippen molar-refractivity contribution in [2.75, 3.05) is 7.11 Å². The zero-order valence-electron chi connectivity index (χ0n) is 21.5. The quantitative estimate of drug-likeness (QED) is 0.340. The van der Waals surface area contributed by atoms with Crippen molar-refractivity contribution in [1.29, 1.82) is 0 Å². The Kier molecular flexibility index (Phi) is 5.72. The summed E-state index contributed by atoms with van der Waals surface area (Å²) in [4.78, 5) is 30.9. The molecule has 0 fully saturated rings. The van der Waals surface area contributed by atoms with Crippen LogP contribution in [-0.4, -0.2) is 27.7 Å². The lowest BCUT2D eigenvalue weighted by atomic mass is 9.86. The number of carbonyl (C=O) groups excluding carboxylic acids is 1. The van der Waals surface area contributed by atoms with Gasteiger partial charge in [-0.25, -0.2) is 9.78 Å². The maximum Gasteiger partial charge on any atom is 0.343 e. The second-order valence-corrected chi connectivity index (χ2v) is 9.69. The summed E-state index contributed by atoms with van der Waals surface area (Å²) in [7, 11) is 1.64. The molecule has 6 rings (SSSR count). The van der Waals surface area contributed by atoms with Crippen molar-refractivity contribution >= 4 is 16.9 Å². The molecule has 2 aliphatic rings. The molecule has 8 heteroatoms. The van der Waals surface area contributed by atoms with Crippen LogP contribution in [0, 0.1) is 0 Å².